The lowest BCUT2D eigenvalue weighted by Crippen LogP contribution is -2.37. The molecule has 2 aromatic carbocycles. The first-order valence-corrected chi connectivity index (χ1v) is 7.51. The molecular weight excluding hydrogens is 322 g/mol. The number of hydrogen-bond donors (Lipinski definition) is 2. The highest BCUT2D eigenvalue weighted by atomic mass is 16.5. The van der Waals surface area contributed by atoms with Gasteiger partial charge in [0.15, 0.2) is 0 Å². The Morgan fingerprint density at radius 3 is 2.48 bits per heavy atom. The Morgan fingerprint density at radius 1 is 1.04 bits per heavy atom. The van der Waals surface area contributed by atoms with E-state index in [0.29, 0.717) is 17.1 Å². The molecule has 2 rings (SSSR count). The molecule has 0 unspecified atom stereocenters. The Balaban J connectivity index is 1.88. The van der Waals surface area contributed by atoms with Gasteiger partial charge in [0.05, 0.1) is 20.4 Å². The smallest absolute Gasteiger partial charge is 0.329 e. The highest BCUT2D eigenvalue weighted by Gasteiger charge is 2.12. The van der Waals surface area contributed by atoms with Crippen molar-refractivity contribution < 1.29 is 19.1 Å². The Labute approximate surface area is 145 Å². The van der Waals surface area contributed by atoms with Gasteiger partial charge in [0.2, 0.25) is 0 Å². The first kappa shape index (κ1) is 18.0. The number of amides is 2. The number of hydrogen-bond acceptors (Lipinski definition) is 5. The maximum Gasteiger partial charge on any atom is 0.329 e. The van der Waals surface area contributed by atoms with Crippen molar-refractivity contribution in [1.29, 1.82) is 0 Å². The molecule has 0 atom stereocenters. The molecule has 0 fully saturated rings. The summed E-state index contributed by atoms with van der Waals surface area (Å²) < 4.78 is 10.3. The van der Waals surface area contributed by atoms with Crippen molar-refractivity contribution in [3.63, 3.8) is 0 Å². The van der Waals surface area contributed by atoms with Gasteiger partial charge in [-0.25, -0.2) is 5.43 Å². The lowest BCUT2D eigenvalue weighted by atomic mass is 10.2. The van der Waals surface area contributed by atoms with E-state index in [1.807, 2.05) is 30.3 Å². The minimum absolute atomic E-state index is 0.267. The van der Waals surface area contributed by atoms with Crippen LogP contribution in [0, 0.1) is 0 Å². The third-order valence-electron chi connectivity index (χ3n) is 3.31. The number of carbonyl (C=O) groups excluding carboxylic acids is 2. The summed E-state index contributed by atoms with van der Waals surface area (Å²) in [6.45, 7) is 0.267. The van der Waals surface area contributed by atoms with Crippen LogP contribution >= 0.6 is 0 Å². The van der Waals surface area contributed by atoms with E-state index in [1.165, 1.54) is 13.3 Å². The molecule has 2 amide bonds. The summed E-state index contributed by atoms with van der Waals surface area (Å²) in [5, 5.41) is 6.29. The summed E-state index contributed by atoms with van der Waals surface area (Å²) in [6, 6.07) is 14.4. The first-order chi connectivity index (χ1) is 12.1. The summed E-state index contributed by atoms with van der Waals surface area (Å²) in [4.78, 5) is 23.4. The number of nitrogens with zero attached hydrogens (tertiary/aromatic N) is 1. The molecule has 0 heterocycles. The zero-order chi connectivity index (χ0) is 18.1. The molecule has 7 heteroatoms. The molecule has 0 saturated carbocycles. The average molecular weight is 341 g/mol. The molecule has 130 valence electrons. The molecule has 25 heavy (non-hydrogen) atoms. The third-order valence-corrected chi connectivity index (χ3v) is 3.31. The molecular formula is C18H19N3O4. The van der Waals surface area contributed by atoms with Crippen LogP contribution in [0.5, 0.6) is 11.5 Å². The van der Waals surface area contributed by atoms with Crippen molar-refractivity contribution in [3.8, 4) is 11.5 Å². The van der Waals surface area contributed by atoms with Crippen molar-refractivity contribution in [2.45, 2.75) is 6.54 Å². The monoisotopic (exact) mass is 341 g/mol. The number of carbonyl (C=O) groups is 2. The molecule has 0 aliphatic carbocycles. The summed E-state index contributed by atoms with van der Waals surface area (Å²) >= 11 is 0. The van der Waals surface area contributed by atoms with Gasteiger partial charge in [0.1, 0.15) is 11.5 Å². The number of benzene rings is 2. The second kappa shape index (κ2) is 9.07. The molecule has 0 radical (unpaired) electrons. The highest BCUT2D eigenvalue weighted by molar-refractivity contribution is 6.35. The van der Waals surface area contributed by atoms with Gasteiger partial charge in [-0.3, -0.25) is 9.59 Å². The minimum atomic E-state index is -0.848. The molecule has 0 aliphatic heterocycles. The molecule has 0 aromatic heterocycles. The van der Waals surface area contributed by atoms with Crippen LogP contribution in [-0.2, 0) is 16.1 Å². The van der Waals surface area contributed by atoms with E-state index >= 15 is 0 Å². The lowest BCUT2D eigenvalue weighted by Gasteiger charge is -2.07. The van der Waals surface area contributed by atoms with Crippen LogP contribution in [0.1, 0.15) is 11.1 Å². The Bertz CT molecular complexity index is 760. The molecule has 0 aliphatic rings. The zero-order valence-corrected chi connectivity index (χ0v) is 14.0. The van der Waals surface area contributed by atoms with Gasteiger partial charge in [0, 0.05) is 18.2 Å². The first-order valence-electron chi connectivity index (χ1n) is 7.51. The average Bonchev–Trinajstić information content (AvgIpc) is 2.66. The van der Waals surface area contributed by atoms with Crippen LogP contribution < -0.4 is 20.2 Å². The topological polar surface area (TPSA) is 89.0 Å². The summed E-state index contributed by atoms with van der Waals surface area (Å²) in [5.41, 5.74) is 3.71. The van der Waals surface area contributed by atoms with E-state index in [-0.39, 0.29) is 6.54 Å². The van der Waals surface area contributed by atoms with Gasteiger partial charge in [-0.2, -0.15) is 5.10 Å². The fourth-order valence-electron chi connectivity index (χ4n) is 1.99. The van der Waals surface area contributed by atoms with Crippen molar-refractivity contribution in [3.05, 3.63) is 59.7 Å². The van der Waals surface area contributed by atoms with E-state index in [9.17, 15) is 9.59 Å². The van der Waals surface area contributed by atoms with E-state index < -0.39 is 11.8 Å². The molecule has 0 bridgehead atoms. The van der Waals surface area contributed by atoms with Crippen LogP contribution in [0.15, 0.2) is 53.6 Å². The van der Waals surface area contributed by atoms with E-state index in [4.69, 9.17) is 9.47 Å². The van der Waals surface area contributed by atoms with Gasteiger partial charge in [-0.15, -0.1) is 0 Å². The third kappa shape index (κ3) is 5.35. The van der Waals surface area contributed by atoms with Crippen LogP contribution in [0.2, 0.25) is 0 Å². The van der Waals surface area contributed by atoms with Gasteiger partial charge >= 0.3 is 11.8 Å². The maximum absolute atomic E-state index is 11.7. The lowest BCUT2D eigenvalue weighted by molar-refractivity contribution is -0.139. The second-order valence-electron chi connectivity index (χ2n) is 4.98. The minimum Gasteiger partial charge on any atom is -0.497 e. The second-order valence-corrected chi connectivity index (χ2v) is 4.98. The van der Waals surface area contributed by atoms with Crippen LogP contribution in [-0.4, -0.2) is 32.2 Å². The Kier molecular flexibility index (Phi) is 6.53. The van der Waals surface area contributed by atoms with Crippen LogP contribution in [0.25, 0.3) is 0 Å². The van der Waals surface area contributed by atoms with Crippen molar-refractivity contribution in [1.82, 2.24) is 10.7 Å². The van der Waals surface area contributed by atoms with E-state index in [0.717, 1.165) is 5.56 Å². The van der Waals surface area contributed by atoms with Gasteiger partial charge in [-0.1, -0.05) is 30.3 Å². The molecule has 0 saturated heterocycles. The Hall–Kier alpha value is -3.35. The summed E-state index contributed by atoms with van der Waals surface area (Å²) in [7, 11) is 3.07. The summed E-state index contributed by atoms with van der Waals surface area (Å²) in [6.07, 6.45) is 1.39. The number of methoxy groups -OCH3 is 2. The molecule has 7 nitrogen and oxygen atoms in total. The predicted octanol–water partition coefficient (Wildman–Crippen LogP) is 1.47. The maximum atomic E-state index is 11.7. The van der Waals surface area contributed by atoms with Crippen molar-refractivity contribution in [2.75, 3.05) is 14.2 Å². The zero-order valence-electron chi connectivity index (χ0n) is 14.0. The normalized spacial score (nSPS) is 10.3. The van der Waals surface area contributed by atoms with Gasteiger partial charge < -0.3 is 14.8 Å². The van der Waals surface area contributed by atoms with E-state index in [1.54, 1.807) is 25.3 Å². The van der Waals surface area contributed by atoms with Gasteiger partial charge in [-0.05, 0) is 17.7 Å². The molecule has 2 aromatic rings. The molecule has 2 N–H and O–H groups in total. The summed E-state index contributed by atoms with van der Waals surface area (Å²) in [5.74, 6) is -0.438. The standard InChI is InChI=1S/C18H19N3O4/c1-24-15-9-8-14(16(10-15)25-2)12-20-21-18(23)17(22)19-11-13-6-4-3-5-7-13/h3-10,12H,11H2,1-2H3,(H,19,22)(H,21,23)/b20-12-. The number of nitrogens with one attached hydrogen (secondary N) is 2. The van der Waals surface area contributed by atoms with Crippen molar-refractivity contribution in [2.24, 2.45) is 5.10 Å². The largest absolute Gasteiger partial charge is 0.497 e. The predicted molar refractivity (Wildman–Crippen MR) is 93.6 cm³/mol. The number of hydrazone groups is 1. The number of rotatable bonds is 6. The quantitative estimate of drug-likeness (QED) is 0.473. The van der Waals surface area contributed by atoms with Gasteiger partial charge in [0.25, 0.3) is 0 Å². The fourth-order valence-corrected chi connectivity index (χ4v) is 1.99. The van der Waals surface area contributed by atoms with E-state index in [2.05, 4.69) is 15.8 Å². The fraction of sp³-hybridized carbons (Fsp3) is 0.167. The molecule has 0 spiro atoms. The van der Waals surface area contributed by atoms with Crippen LogP contribution in [0.4, 0.5) is 0 Å². The van der Waals surface area contributed by atoms with Crippen LogP contribution in [0.3, 0.4) is 0 Å². The number of ether oxygens (including phenoxy) is 2. The SMILES string of the molecule is COc1ccc(/C=N\NC(=O)C(=O)NCc2ccccc2)c(OC)c1. The Morgan fingerprint density at radius 2 is 1.80 bits per heavy atom. The highest BCUT2D eigenvalue weighted by Crippen LogP contribution is 2.22. The van der Waals surface area contributed by atoms with Crippen molar-refractivity contribution >= 4 is 18.0 Å².